The lowest BCUT2D eigenvalue weighted by atomic mass is 9.94. The Morgan fingerprint density at radius 3 is 3.00 bits per heavy atom. The molecule has 1 amide bonds. The van der Waals surface area contributed by atoms with Crippen LogP contribution in [0.4, 0.5) is 0 Å². The molecular weight excluding hydrogens is 202 g/mol. The standard InChI is InChI=1S/C12H21N3O/c16-12-2-1-10(14-12)7-13-11-4-6-15-5-3-9(11)8-15/h9-11,13H,1-8H2,(H,14,16). The van der Waals surface area contributed by atoms with Crippen LogP contribution in [0.5, 0.6) is 0 Å². The summed E-state index contributed by atoms with van der Waals surface area (Å²) in [7, 11) is 0. The molecule has 4 atom stereocenters. The Bertz CT molecular complexity index is 281. The first kappa shape index (κ1) is 10.5. The zero-order valence-corrected chi connectivity index (χ0v) is 9.74. The number of fused-ring (bicyclic) bond motifs is 2. The number of carbonyl (C=O) groups excluding carboxylic acids is 1. The molecule has 4 nitrogen and oxygen atoms in total. The number of hydrogen-bond acceptors (Lipinski definition) is 3. The Labute approximate surface area is 96.8 Å². The van der Waals surface area contributed by atoms with Gasteiger partial charge >= 0.3 is 0 Å². The van der Waals surface area contributed by atoms with Gasteiger partial charge < -0.3 is 15.5 Å². The average molecular weight is 223 g/mol. The lowest BCUT2D eigenvalue weighted by Gasteiger charge is -2.31. The van der Waals surface area contributed by atoms with Crippen LogP contribution in [0.15, 0.2) is 0 Å². The number of hydrogen-bond donors (Lipinski definition) is 2. The number of rotatable bonds is 3. The van der Waals surface area contributed by atoms with Crippen LogP contribution in [-0.2, 0) is 4.79 Å². The van der Waals surface area contributed by atoms with Gasteiger partial charge in [0.1, 0.15) is 0 Å². The van der Waals surface area contributed by atoms with E-state index in [2.05, 4.69) is 15.5 Å². The molecular formula is C12H21N3O. The monoisotopic (exact) mass is 223 g/mol. The first-order chi connectivity index (χ1) is 7.81. The highest BCUT2D eigenvalue weighted by Gasteiger charge is 2.34. The topological polar surface area (TPSA) is 44.4 Å². The van der Waals surface area contributed by atoms with Gasteiger partial charge in [-0.2, -0.15) is 0 Å². The molecule has 0 aromatic rings. The molecule has 2 N–H and O–H groups in total. The summed E-state index contributed by atoms with van der Waals surface area (Å²) in [6.07, 6.45) is 4.36. The first-order valence-corrected chi connectivity index (χ1v) is 6.56. The van der Waals surface area contributed by atoms with Gasteiger partial charge in [-0.05, 0) is 38.3 Å². The first-order valence-electron chi connectivity index (χ1n) is 6.56. The molecule has 0 aromatic carbocycles. The van der Waals surface area contributed by atoms with Gasteiger partial charge in [0.2, 0.25) is 5.91 Å². The normalized spacial score (nSPS) is 42.4. The Morgan fingerprint density at radius 1 is 1.31 bits per heavy atom. The summed E-state index contributed by atoms with van der Waals surface area (Å²) >= 11 is 0. The smallest absolute Gasteiger partial charge is 0.220 e. The highest BCUT2D eigenvalue weighted by Crippen LogP contribution is 2.27. The van der Waals surface area contributed by atoms with Crippen LogP contribution in [0.25, 0.3) is 0 Å². The van der Waals surface area contributed by atoms with Crippen molar-refractivity contribution < 1.29 is 4.79 Å². The molecule has 0 radical (unpaired) electrons. The van der Waals surface area contributed by atoms with Crippen molar-refractivity contribution >= 4 is 5.91 Å². The third-order valence-corrected chi connectivity index (χ3v) is 4.35. The summed E-state index contributed by atoms with van der Waals surface area (Å²) < 4.78 is 0. The van der Waals surface area contributed by atoms with E-state index in [1.165, 1.54) is 32.5 Å². The Kier molecular flexibility index (Phi) is 2.86. The molecule has 3 saturated heterocycles. The van der Waals surface area contributed by atoms with Crippen LogP contribution in [0.3, 0.4) is 0 Å². The van der Waals surface area contributed by atoms with Crippen molar-refractivity contribution in [2.45, 2.75) is 37.8 Å². The number of carbonyl (C=O) groups is 1. The summed E-state index contributed by atoms with van der Waals surface area (Å²) in [5.41, 5.74) is 0. The van der Waals surface area contributed by atoms with Gasteiger partial charge in [-0.1, -0.05) is 0 Å². The fourth-order valence-electron chi connectivity index (χ4n) is 3.34. The van der Waals surface area contributed by atoms with Crippen molar-refractivity contribution in [3.8, 4) is 0 Å². The van der Waals surface area contributed by atoms with Crippen molar-refractivity contribution in [2.24, 2.45) is 5.92 Å². The summed E-state index contributed by atoms with van der Waals surface area (Å²) in [6, 6.07) is 1.07. The van der Waals surface area contributed by atoms with Gasteiger partial charge in [0, 0.05) is 31.6 Å². The molecule has 16 heavy (non-hydrogen) atoms. The molecule has 4 heteroatoms. The molecule has 3 aliphatic rings. The second-order valence-electron chi connectivity index (χ2n) is 5.46. The molecule has 3 fully saturated rings. The SMILES string of the molecule is O=C1CCC(CNC2CCN3CCC2C3)N1. The molecule has 0 spiro atoms. The van der Waals surface area contributed by atoms with E-state index in [9.17, 15) is 4.79 Å². The van der Waals surface area contributed by atoms with Gasteiger partial charge in [-0.15, -0.1) is 0 Å². The molecule has 3 heterocycles. The van der Waals surface area contributed by atoms with E-state index in [0.29, 0.717) is 18.5 Å². The van der Waals surface area contributed by atoms with Crippen LogP contribution >= 0.6 is 0 Å². The minimum Gasteiger partial charge on any atom is -0.352 e. The molecule has 0 saturated carbocycles. The molecule has 4 unspecified atom stereocenters. The minimum absolute atomic E-state index is 0.225. The van der Waals surface area contributed by atoms with E-state index >= 15 is 0 Å². The second-order valence-corrected chi connectivity index (χ2v) is 5.46. The van der Waals surface area contributed by atoms with Crippen LogP contribution in [0, 0.1) is 5.92 Å². The second kappa shape index (κ2) is 4.34. The van der Waals surface area contributed by atoms with Gasteiger partial charge in [0.25, 0.3) is 0 Å². The summed E-state index contributed by atoms with van der Waals surface area (Å²) in [4.78, 5) is 13.7. The predicted octanol–water partition coefficient (Wildman–Crippen LogP) is -0.0512. The number of piperidine rings is 1. The molecule has 2 bridgehead atoms. The van der Waals surface area contributed by atoms with Crippen molar-refractivity contribution in [3.05, 3.63) is 0 Å². The van der Waals surface area contributed by atoms with E-state index in [0.717, 1.165) is 18.9 Å². The largest absolute Gasteiger partial charge is 0.352 e. The fraction of sp³-hybridized carbons (Fsp3) is 0.917. The maximum atomic E-state index is 11.1. The van der Waals surface area contributed by atoms with Gasteiger partial charge in [0.05, 0.1) is 0 Å². The lowest BCUT2D eigenvalue weighted by Crippen LogP contribution is -2.47. The number of amides is 1. The summed E-state index contributed by atoms with van der Waals surface area (Å²) in [5, 5.41) is 6.70. The molecule has 0 aliphatic carbocycles. The van der Waals surface area contributed by atoms with Crippen molar-refractivity contribution in [1.29, 1.82) is 0 Å². The predicted molar refractivity (Wildman–Crippen MR) is 62.1 cm³/mol. The Morgan fingerprint density at radius 2 is 2.19 bits per heavy atom. The molecule has 90 valence electrons. The van der Waals surface area contributed by atoms with E-state index in [-0.39, 0.29) is 5.91 Å². The van der Waals surface area contributed by atoms with Crippen molar-refractivity contribution in [2.75, 3.05) is 26.2 Å². The van der Waals surface area contributed by atoms with Gasteiger partial charge in [0.15, 0.2) is 0 Å². The van der Waals surface area contributed by atoms with E-state index in [1.54, 1.807) is 0 Å². The zero-order chi connectivity index (χ0) is 11.0. The maximum absolute atomic E-state index is 11.1. The Balaban J connectivity index is 1.46. The third-order valence-electron chi connectivity index (χ3n) is 4.35. The number of nitrogens with zero attached hydrogens (tertiary/aromatic N) is 1. The van der Waals surface area contributed by atoms with Crippen molar-refractivity contribution in [1.82, 2.24) is 15.5 Å². The molecule has 3 aliphatic heterocycles. The molecule has 3 rings (SSSR count). The lowest BCUT2D eigenvalue weighted by molar-refractivity contribution is -0.119. The van der Waals surface area contributed by atoms with E-state index < -0.39 is 0 Å². The van der Waals surface area contributed by atoms with Gasteiger partial charge in [-0.25, -0.2) is 0 Å². The van der Waals surface area contributed by atoms with Crippen molar-refractivity contribution in [3.63, 3.8) is 0 Å². The van der Waals surface area contributed by atoms with Gasteiger partial charge in [-0.3, -0.25) is 4.79 Å². The average Bonchev–Trinajstić information content (AvgIpc) is 2.86. The number of nitrogens with one attached hydrogen (secondary N) is 2. The van der Waals surface area contributed by atoms with Crippen LogP contribution in [-0.4, -0.2) is 49.1 Å². The zero-order valence-electron chi connectivity index (χ0n) is 9.74. The van der Waals surface area contributed by atoms with E-state index in [1.807, 2.05) is 0 Å². The third kappa shape index (κ3) is 2.09. The summed E-state index contributed by atoms with van der Waals surface area (Å²) in [5.74, 6) is 1.08. The van der Waals surface area contributed by atoms with E-state index in [4.69, 9.17) is 0 Å². The van der Waals surface area contributed by atoms with Crippen LogP contribution < -0.4 is 10.6 Å². The quantitative estimate of drug-likeness (QED) is 0.705. The summed E-state index contributed by atoms with van der Waals surface area (Å²) in [6.45, 7) is 4.80. The Hall–Kier alpha value is -0.610. The fourth-order valence-corrected chi connectivity index (χ4v) is 3.34. The highest BCUT2D eigenvalue weighted by molar-refractivity contribution is 5.78. The molecule has 0 aromatic heterocycles. The van der Waals surface area contributed by atoms with Crippen LogP contribution in [0.1, 0.15) is 25.7 Å². The maximum Gasteiger partial charge on any atom is 0.220 e. The minimum atomic E-state index is 0.225. The van der Waals surface area contributed by atoms with Crippen LogP contribution in [0.2, 0.25) is 0 Å². The highest BCUT2D eigenvalue weighted by atomic mass is 16.1.